The molecule has 12 heavy (non-hydrogen) atoms. The van der Waals surface area contributed by atoms with Gasteiger partial charge in [-0.3, -0.25) is 0 Å². The van der Waals surface area contributed by atoms with Crippen molar-refractivity contribution in [2.75, 3.05) is 26.2 Å². The van der Waals surface area contributed by atoms with Crippen LogP contribution in [0.1, 0.15) is 34.1 Å². The molecule has 0 amide bonds. The Morgan fingerprint density at radius 2 is 2.00 bits per heavy atom. The van der Waals surface area contributed by atoms with Gasteiger partial charge in [0.15, 0.2) is 0 Å². The number of nitrogens with zero attached hydrogens (tertiary/aromatic N) is 1. The molecule has 1 atom stereocenters. The molecule has 0 bridgehead atoms. The predicted molar refractivity (Wildman–Crippen MR) is 55.5 cm³/mol. The average Bonchev–Trinajstić information content (AvgIpc) is 2.21. The first-order valence-electron chi connectivity index (χ1n) is 5.32. The van der Waals surface area contributed by atoms with E-state index in [1.807, 2.05) is 13.8 Å². The van der Waals surface area contributed by atoms with Crippen molar-refractivity contribution in [3.8, 4) is 0 Å². The van der Waals surface area contributed by atoms with Crippen LogP contribution in [0, 0.1) is 0 Å². The van der Waals surface area contributed by atoms with E-state index in [1.54, 1.807) is 0 Å². The summed E-state index contributed by atoms with van der Waals surface area (Å²) in [6, 6.07) is 0.744. The summed E-state index contributed by atoms with van der Waals surface area (Å²) in [5, 5.41) is 3.49. The predicted octanol–water partition coefficient (Wildman–Crippen LogP) is 1.72. The Hall–Kier alpha value is -0.0800. The average molecular weight is 172 g/mol. The van der Waals surface area contributed by atoms with Gasteiger partial charge in [0.2, 0.25) is 0 Å². The number of likely N-dealkylation sites (N-methyl/N-ethyl adjacent to an activating group) is 1. The van der Waals surface area contributed by atoms with Crippen LogP contribution in [-0.4, -0.2) is 37.1 Å². The van der Waals surface area contributed by atoms with Crippen molar-refractivity contribution < 1.29 is 0 Å². The molecule has 0 aromatic rings. The van der Waals surface area contributed by atoms with Gasteiger partial charge in [-0.1, -0.05) is 27.7 Å². The van der Waals surface area contributed by atoms with Gasteiger partial charge in [0.05, 0.1) is 0 Å². The molecule has 2 nitrogen and oxygen atoms in total. The van der Waals surface area contributed by atoms with Crippen LogP contribution in [0.15, 0.2) is 0 Å². The molecule has 1 aliphatic heterocycles. The second-order valence-corrected chi connectivity index (χ2v) is 2.95. The first-order valence-corrected chi connectivity index (χ1v) is 5.32. The SMILES string of the molecule is CC.CCC1CN(CC)CCN1. The molecule has 1 fully saturated rings. The summed E-state index contributed by atoms with van der Waals surface area (Å²) in [7, 11) is 0. The fourth-order valence-electron chi connectivity index (χ4n) is 1.45. The van der Waals surface area contributed by atoms with E-state index in [4.69, 9.17) is 0 Å². The topological polar surface area (TPSA) is 15.3 Å². The standard InChI is InChI=1S/C8H18N2.C2H6/c1-3-8-7-10(4-2)6-5-9-8;1-2/h8-9H,3-7H2,1-2H3;1-2H3. The quantitative estimate of drug-likeness (QED) is 0.682. The number of nitrogens with one attached hydrogen (secondary N) is 1. The normalized spacial score (nSPS) is 24.5. The zero-order valence-electron chi connectivity index (χ0n) is 9.06. The summed E-state index contributed by atoms with van der Waals surface area (Å²) in [6.45, 7) is 13.3. The molecule has 1 saturated heterocycles. The van der Waals surface area contributed by atoms with Crippen molar-refractivity contribution >= 4 is 0 Å². The minimum atomic E-state index is 0.744. The second-order valence-electron chi connectivity index (χ2n) is 2.95. The first kappa shape index (κ1) is 11.9. The Morgan fingerprint density at radius 3 is 2.50 bits per heavy atom. The van der Waals surface area contributed by atoms with Crippen molar-refractivity contribution in [2.45, 2.75) is 40.2 Å². The van der Waals surface area contributed by atoms with E-state index in [0.29, 0.717) is 0 Å². The van der Waals surface area contributed by atoms with Crippen molar-refractivity contribution in [3.63, 3.8) is 0 Å². The highest BCUT2D eigenvalue weighted by Crippen LogP contribution is 2.00. The maximum absolute atomic E-state index is 3.49. The highest BCUT2D eigenvalue weighted by molar-refractivity contribution is 4.76. The fraction of sp³-hybridized carbons (Fsp3) is 1.00. The maximum atomic E-state index is 3.49. The monoisotopic (exact) mass is 172 g/mol. The van der Waals surface area contributed by atoms with Crippen molar-refractivity contribution in [3.05, 3.63) is 0 Å². The summed E-state index contributed by atoms with van der Waals surface area (Å²) in [6.07, 6.45) is 1.26. The minimum absolute atomic E-state index is 0.744. The molecule has 0 radical (unpaired) electrons. The Balaban J connectivity index is 0.000000561. The van der Waals surface area contributed by atoms with E-state index >= 15 is 0 Å². The molecule has 1 unspecified atom stereocenters. The van der Waals surface area contributed by atoms with Crippen LogP contribution in [0.2, 0.25) is 0 Å². The Kier molecular flexibility index (Phi) is 7.51. The molecule has 0 spiro atoms. The third kappa shape index (κ3) is 4.07. The molecule has 0 aliphatic carbocycles. The summed E-state index contributed by atoms with van der Waals surface area (Å²) < 4.78 is 0. The van der Waals surface area contributed by atoms with Gasteiger partial charge in [-0.15, -0.1) is 0 Å². The van der Waals surface area contributed by atoms with Crippen molar-refractivity contribution in [1.82, 2.24) is 10.2 Å². The van der Waals surface area contributed by atoms with Gasteiger partial charge in [0.25, 0.3) is 0 Å². The summed E-state index contributed by atoms with van der Waals surface area (Å²) in [4.78, 5) is 2.50. The lowest BCUT2D eigenvalue weighted by atomic mass is 10.1. The molecule has 0 aromatic carbocycles. The Bertz CT molecular complexity index is 83.8. The molecule has 0 aromatic heterocycles. The highest BCUT2D eigenvalue weighted by atomic mass is 15.2. The summed E-state index contributed by atoms with van der Waals surface area (Å²) in [5.74, 6) is 0. The molecule has 1 rings (SSSR count). The van der Waals surface area contributed by atoms with E-state index < -0.39 is 0 Å². The van der Waals surface area contributed by atoms with Crippen LogP contribution in [0.5, 0.6) is 0 Å². The maximum Gasteiger partial charge on any atom is 0.0192 e. The second kappa shape index (κ2) is 7.56. The molecular weight excluding hydrogens is 148 g/mol. The highest BCUT2D eigenvalue weighted by Gasteiger charge is 2.15. The zero-order chi connectivity index (χ0) is 9.40. The van der Waals surface area contributed by atoms with Crippen molar-refractivity contribution in [2.24, 2.45) is 0 Å². The van der Waals surface area contributed by atoms with E-state index in [-0.39, 0.29) is 0 Å². The van der Waals surface area contributed by atoms with Crippen LogP contribution in [0.4, 0.5) is 0 Å². The Morgan fingerprint density at radius 1 is 1.33 bits per heavy atom. The molecular formula is C10H24N2. The van der Waals surface area contributed by atoms with E-state index in [9.17, 15) is 0 Å². The molecule has 1 heterocycles. The number of piperazine rings is 1. The third-order valence-corrected chi connectivity index (χ3v) is 2.28. The first-order chi connectivity index (χ1) is 5.86. The smallest absolute Gasteiger partial charge is 0.0192 e. The van der Waals surface area contributed by atoms with Gasteiger partial charge in [-0.05, 0) is 13.0 Å². The number of rotatable bonds is 2. The lowest BCUT2D eigenvalue weighted by Gasteiger charge is -2.32. The molecule has 74 valence electrons. The molecule has 0 saturated carbocycles. The van der Waals surface area contributed by atoms with Crippen LogP contribution < -0.4 is 5.32 Å². The molecule has 1 aliphatic rings. The molecule has 2 heteroatoms. The van der Waals surface area contributed by atoms with Crippen molar-refractivity contribution in [1.29, 1.82) is 0 Å². The van der Waals surface area contributed by atoms with Gasteiger partial charge in [-0.25, -0.2) is 0 Å². The van der Waals surface area contributed by atoms with E-state index in [1.165, 1.54) is 32.6 Å². The lowest BCUT2D eigenvalue weighted by Crippen LogP contribution is -2.50. The van der Waals surface area contributed by atoms with E-state index in [2.05, 4.69) is 24.1 Å². The third-order valence-electron chi connectivity index (χ3n) is 2.28. The van der Waals surface area contributed by atoms with Gasteiger partial charge in [0.1, 0.15) is 0 Å². The van der Waals surface area contributed by atoms with Crippen LogP contribution in [0.3, 0.4) is 0 Å². The van der Waals surface area contributed by atoms with Crippen LogP contribution in [0.25, 0.3) is 0 Å². The van der Waals surface area contributed by atoms with Gasteiger partial charge >= 0.3 is 0 Å². The van der Waals surface area contributed by atoms with Gasteiger partial charge in [-0.2, -0.15) is 0 Å². The fourth-order valence-corrected chi connectivity index (χ4v) is 1.45. The van der Waals surface area contributed by atoms with Gasteiger partial charge < -0.3 is 10.2 Å². The Labute approximate surface area is 77.3 Å². The molecule has 1 N–H and O–H groups in total. The van der Waals surface area contributed by atoms with Crippen LogP contribution >= 0.6 is 0 Å². The lowest BCUT2D eigenvalue weighted by molar-refractivity contribution is 0.206. The summed E-state index contributed by atoms with van der Waals surface area (Å²) >= 11 is 0. The van der Waals surface area contributed by atoms with Crippen LogP contribution in [-0.2, 0) is 0 Å². The van der Waals surface area contributed by atoms with E-state index in [0.717, 1.165) is 6.04 Å². The largest absolute Gasteiger partial charge is 0.311 e. The minimum Gasteiger partial charge on any atom is -0.311 e. The number of hydrogen-bond acceptors (Lipinski definition) is 2. The van der Waals surface area contributed by atoms with Gasteiger partial charge in [0, 0.05) is 25.7 Å². The summed E-state index contributed by atoms with van der Waals surface area (Å²) in [5.41, 5.74) is 0. The zero-order valence-corrected chi connectivity index (χ0v) is 9.06. The number of hydrogen-bond donors (Lipinski definition) is 1.